The van der Waals surface area contributed by atoms with Crippen LogP contribution in [0.1, 0.15) is 42.8 Å². The number of aromatic nitrogens is 2. The van der Waals surface area contributed by atoms with Gasteiger partial charge in [-0.25, -0.2) is 4.39 Å². The first kappa shape index (κ1) is 14.0. The van der Waals surface area contributed by atoms with Crippen LogP contribution in [-0.2, 0) is 0 Å². The average molecular weight is 283 g/mol. The molecule has 5 heteroatoms. The highest BCUT2D eigenvalue weighted by molar-refractivity contribution is 6.31. The molecule has 1 heterocycles. The zero-order valence-electron chi connectivity index (χ0n) is 11.1. The van der Waals surface area contributed by atoms with Crippen molar-refractivity contribution in [3.05, 3.63) is 52.1 Å². The van der Waals surface area contributed by atoms with Gasteiger partial charge in [0.05, 0.1) is 16.9 Å². The molecule has 102 valence electrons. The molecule has 3 nitrogen and oxygen atoms in total. The van der Waals surface area contributed by atoms with Crippen molar-refractivity contribution in [3.63, 3.8) is 0 Å². The van der Waals surface area contributed by atoms with Crippen molar-refractivity contribution in [2.75, 3.05) is 0 Å². The number of nitrogens with zero attached hydrogens (tertiary/aromatic N) is 2. The first-order valence-electron chi connectivity index (χ1n) is 6.08. The second-order valence-corrected chi connectivity index (χ2v) is 5.23. The van der Waals surface area contributed by atoms with Crippen molar-refractivity contribution >= 4 is 11.6 Å². The number of hydrogen-bond acceptors (Lipinski definition) is 2. The van der Waals surface area contributed by atoms with Gasteiger partial charge in [0.1, 0.15) is 11.9 Å². The van der Waals surface area contributed by atoms with E-state index in [2.05, 4.69) is 5.10 Å². The lowest BCUT2D eigenvalue weighted by Gasteiger charge is -2.17. The zero-order valence-corrected chi connectivity index (χ0v) is 11.8. The molecule has 1 aromatic heterocycles. The predicted octanol–water partition coefficient (Wildman–Crippen LogP) is 3.65. The van der Waals surface area contributed by atoms with Gasteiger partial charge in [0.25, 0.3) is 0 Å². The van der Waals surface area contributed by atoms with Crippen molar-refractivity contribution in [2.45, 2.75) is 32.9 Å². The number of hydrogen-bond donors (Lipinski definition) is 1. The van der Waals surface area contributed by atoms with E-state index in [-0.39, 0.29) is 11.9 Å². The van der Waals surface area contributed by atoms with Gasteiger partial charge in [-0.15, -0.1) is 0 Å². The van der Waals surface area contributed by atoms with Crippen LogP contribution in [0, 0.1) is 12.7 Å². The van der Waals surface area contributed by atoms with Crippen molar-refractivity contribution in [1.29, 1.82) is 0 Å². The Balaban J connectivity index is 2.46. The van der Waals surface area contributed by atoms with E-state index in [0.29, 0.717) is 21.8 Å². The maximum atomic E-state index is 13.3. The second-order valence-electron chi connectivity index (χ2n) is 4.83. The average Bonchev–Trinajstić information content (AvgIpc) is 2.74. The van der Waals surface area contributed by atoms with Crippen LogP contribution in [-0.4, -0.2) is 14.9 Å². The minimum Gasteiger partial charge on any atom is -0.382 e. The maximum absolute atomic E-state index is 13.3. The molecule has 0 radical (unpaired) electrons. The number of aliphatic hydroxyl groups excluding tert-OH is 1. The summed E-state index contributed by atoms with van der Waals surface area (Å²) < 4.78 is 14.9. The summed E-state index contributed by atoms with van der Waals surface area (Å²) in [5.41, 5.74) is 1.62. The number of benzene rings is 1. The molecule has 1 atom stereocenters. The molecule has 0 aliphatic heterocycles. The molecule has 2 aromatic rings. The van der Waals surface area contributed by atoms with Crippen molar-refractivity contribution < 1.29 is 9.50 Å². The minimum atomic E-state index is -0.920. The van der Waals surface area contributed by atoms with E-state index >= 15 is 0 Å². The third kappa shape index (κ3) is 2.65. The summed E-state index contributed by atoms with van der Waals surface area (Å²) in [5.74, 6) is -0.292. The molecule has 2 rings (SSSR count). The van der Waals surface area contributed by atoms with Crippen LogP contribution in [0.3, 0.4) is 0 Å². The van der Waals surface area contributed by atoms with Crippen LogP contribution in [0.15, 0.2) is 24.4 Å². The van der Waals surface area contributed by atoms with E-state index in [1.807, 2.05) is 13.8 Å². The lowest BCUT2D eigenvalue weighted by Crippen LogP contribution is -2.12. The van der Waals surface area contributed by atoms with E-state index in [9.17, 15) is 9.50 Å². The van der Waals surface area contributed by atoms with Crippen LogP contribution in [0.2, 0.25) is 5.02 Å². The number of halogens is 2. The predicted molar refractivity (Wildman–Crippen MR) is 72.8 cm³/mol. The topological polar surface area (TPSA) is 38.1 Å². The Morgan fingerprint density at radius 2 is 2.05 bits per heavy atom. The fraction of sp³-hybridized carbons (Fsp3) is 0.357. The third-order valence-electron chi connectivity index (χ3n) is 3.03. The Bertz CT molecular complexity index is 595. The van der Waals surface area contributed by atoms with E-state index in [1.165, 1.54) is 12.3 Å². The summed E-state index contributed by atoms with van der Waals surface area (Å²) in [5, 5.41) is 15.0. The molecule has 0 saturated carbocycles. The van der Waals surface area contributed by atoms with Gasteiger partial charge >= 0.3 is 0 Å². The monoisotopic (exact) mass is 282 g/mol. The van der Waals surface area contributed by atoms with Crippen LogP contribution in [0.5, 0.6) is 0 Å². The van der Waals surface area contributed by atoms with Crippen LogP contribution >= 0.6 is 11.6 Å². The van der Waals surface area contributed by atoms with Gasteiger partial charge in [0, 0.05) is 6.04 Å². The largest absolute Gasteiger partial charge is 0.382 e. The molecule has 1 unspecified atom stereocenters. The Morgan fingerprint density at radius 3 is 2.63 bits per heavy atom. The highest BCUT2D eigenvalue weighted by atomic mass is 35.5. The fourth-order valence-electron chi connectivity index (χ4n) is 2.01. The molecule has 1 N–H and O–H groups in total. The van der Waals surface area contributed by atoms with Gasteiger partial charge in [-0.2, -0.15) is 5.10 Å². The number of aryl methyl sites for hydroxylation is 1. The van der Waals surface area contributed by atoms with Crippen LogP contribution < -0.4 is 0 Å². The van der Waals surface area contributed by atoms with Gasteiger partial charge in [0.2, 0.25) is 0 Å². The Kier molecular flexibility index (Phi) is 3.92. The van der Waals surface area contributed by atoms with E-state index in [0.717, 1.165) is 0 Å². The molecule has 0 aliphatic rings. The maximum Gasteiger partial charge on any atom is 0.126 e. The molecule has 19 heavy (non-hydrogen) atoms. The number of aliphatic hydroxyl groups is 1. The SMILES string of the molecule is Cc1cc(C(O)c2c(Cl)cnn2C(C)C)ccc1F. The molecular formula is C14H16ClFN2O. The molecule has 0 fully saturated rings. The van der Waals surface area contributed by atoms with Gasteiger partial charge in [-0.1, -0.05) is 23.7 Å². The summed E-state index contributed by atoms with van der Waals surface area (Å²) >= 11 is 6.09. The summed E-state index contributed by atoms with van der Waals surface area (Å²) in [6.07, 6.45) is 0.591. The van der Waals surface area contributed by atoms with Crippen LogP contribution in [0.25, 0.3) is 0 Å². The molecule has 0 aliphatic carbocycles. The molecular weight excluding hydrogens is 267 g/mol. The Labute approximate surface area is 116 Å². The standard InChI is InChI=1S/C14H16ClFN2O/c1-8(2)18-13(11(15)7-17-18)14(19)10-4-5-12(16)9(3)6-10/h4-8,14,19H,1-3H3. The lowest BCUT2D eigenvalue weighted by atomic mass is 10.0. The second kappa shape index (κ2) is 5.31. The third-order valence-corrected chi connectivity index (χ3v) is 3.32. The first-order chi connectivity index (χ1) is 8.91. The van der Waals surface area contributed by atoms with E-state index in [4.69, 9.17) is 11.6 Å². The molecule has 0 saturated heterocycles. The molecule has 0 amide bonds. The Hall–Kier alpha value is -1.39. The Morgan fingerprint density at radius 1 is 1.37 bits per heavy atom. The first-order valence-corrected chi connectivity index (χ1v) is 6.46. The zero-order chi connectivity index (χ0) is 14.2. The quantitative estimate of drug-likeness (QED) is 0.933. The molecule has 1 aromatic carbocycles. The van der Waals surface area contributed by atoms with Gasteiger partial charge in [0.15, 0.2) is 0 Å². The highest BCUT2D eigenvalue weighted by Crippen LogP contribution is 2.30. The van der Waals surface area contributed by atoms with E-state index in [1.54, 1.807) is 23.7 Å². The van der Waals surface area contributed by atoms with Gasteiger partial charge in [-0.3, -0.25) is 4.68 Å². The lowest BCUT2D eigenvalue weighted by molar-refractivity contribution is 0.205. The normalized spacial score (nSPS) is 13.0. The molecule has 0 bridgehead atoms. The van der Waals surface area contributed by atoms with Gasteiger partial charge in [-0.05, 0) is 38.0 Å². The van der Waals surface area contributed by atoms with Crippen LogP contribution in [0.4, 0.5) is 4.39 Å². The van der Waals surface area contributed by atoms with Crippen molar-refractivity contribution in [3.8, 4) is 0 Å². The van der Waals surface area contributed by atoms with Crippen molar-refractivity contribution in [2.24, 2.45) is 0 Å². The minimum absolute atomic E-state index is 0.0821. The summed E-state index contributed by atoms with van der Waals surface area (Å²) in [4.78, 5) is 0. The fourth-order valence-corrected chi connectivity index (χ4v) is 2.25. The van der Waals surface area contributed by atoms with E-state index < -0.39 is 6.10 Å². The summed E-state index contributed by atoms with van der Waals surface area (Å²) in [6, 6.07) is 4.60. The van der Waals surface area contributed by atoms with Gasteiger partial charge < -0.3 is 5.11 Å². The smallest absolute Gasteiger partial charge is 0.126 e. The summed E-state index contributed by atoms with van der Waals surface area (Å²) in [7, 11) is 0. The number of rotatable bonds is 3. The van der Waals surface area contributed by atoms with Crippen molar-refractivity contribution in [1.82, 2.24) is 9.78 Å². The molecule has 0 spiro atoms. The highest BCUT2D eigenvalue weighted by Gasteiger charge is 2.21. The summed E-state index contributed by atoms with van der Waals surface area (Å²) in [6.45, 7) is 5.57.